The molecule has 2 aromatic rings. The molecule has 0 unspecified atom stereocenters. The Labute approximate surface area is 109 Å². The number of hydrogen-bond acceptors (Lipinski definition) is 4. The summed E-state index contributed by atoms with van der Waals surface area (Å²) in [7, 11) is 1.18. The lowest BCUT2D eigenvalue weighted by Crippen LogP contribution is -2.19. The molecule has 0 aliphatic rings. The van der Waals surface area contributed by atoms with Crippen LogP contribution in [0, 0.1) is 6.92 Å². The molecular weight excluding hydrogens is 246 g/mol. The third-order valence-corrected chi connectivity index (χ3v) is 2.91. The van der Waals surface area contributed by atoms with Crippen molar-refractivity contribution in [3.05, 3.63) is 35.5 Å². The lowest BCUT2D eigenvalue weighted by atomic mass is 10.0. The van der Waals surface area contributed by atoms with Crippen LogP contribution in [0.5, 0.6) is 0 Å². The molecule has 5 heteroatoms. The molecule has 1 heterocycles. The maximum absolute atomic E-state index is 12.1. The number of benzene rings is 1. The zero-order chi connectivity index (χ0) is 14.0. The molecule has 1 N–H and O–H groups in total. The molecule has 0 saturated heterocycles. The smallest absolute Gasteiger partial charge is 0.313 e. The van der Waals surface area contributed by atoms with E-state index in [1.807, 2.05) is 12.1 Å². The highest BCUT2D eigenvalue weighted by atomic mass is 16.5. The summed E-state index contributed by atoms with van der Waals surface area (Å²) in [5.74, 6) is -2.14. The summed E-state index contributed by atoms with van der Waals surface area (Å²) in [6.07, 6.45) is -0.533. The van der Waals surface area contributed by atoms with Gasteiger partial charge in [-0.25, -0.2) is 0 Å². The number of H-pyrrole nitrogens is 1. The maximum atomic E-state index is 12.1. The first-order valence-electron chi connectivity index (χ1n) is 5.76. The maximum Gasteiger partial charge on any atom is 0.313 e. The van der Waals surface area contributed by atoms with Crippen LogP contribution >= 0.6 is 0 Å². The van der Waals surface area contributed by atoms with Crippen molar-refractivity contribution in [2.75, 3.05) is 7.11 Å². The summed E-state index contributed by atoms with van der Waals surface area (Å²) >= 11 is 0. The fraction of sp³-hybridized carbons (Fsp3) is 0.214. The third-order valence-electron chi connectivity index (χ3n) is 2.91. The number of aryl methyl sites for hydroxylation is 1. The van der Waals surface area contributed by atoms with E-state index in [0.29, 0.717) is 16.6 Å². The molecule has 0 atom stereocenters. The molecule has 1 aromatic carbocycles. The quantitative estimate of drug-likeness (QED) is 0.393. The number of aromatic nitrogens is 1. The minimum Gasteiger partial charge on any atom is -0.469 e. The molecule has 0 amide bonds. The van der Waals surface area contributed by atoms with E-state index in [4.69, 9.17) is 0 Å². The van der Waals surface area contributed by atoms with E-state index in [9.17, 15) is 14.4 Å². The zero-order valence-electron chi connectivity index (χ0n) is 10.6. The van der Waals surface area contributed by atoms with Gasteiger partial charge in [0.2, 0.25) is 11.6 Å². The molecule has 2 rings (SSSR count). The van der Waals surface area contributed by atoms with Crippen molar-refractivity contribution in [2.45, 2.75) is 13.3 Å². The Morgan fingerprint density at radius 1 is 1.21 bits per heavy atom. The number of hydrogen-bond donors (Lipinski definition) is 1. The molecule has 0 aliphatic carbocycles. The number of ketones is 2. The van der Waals surface area contributed by atoms with Crippen molar-refractivity contribution < 1.29 is 19.1 Å². The molecule has 19 heavy (non-hydrogen) atoms. The summed E-state index contributed by atoms with van der Waals surface area (Å²) in [4.78, 5) is 37.9. The number of ether oxygens (including phenoxy) is 1. The van der Waals surface area contributed by atoms with Crippen molar-refractivity contribution in [3.8, 4) is 0 Å². The third kappa shape index (κ3) is 2.40. The minimum atomic E-state index is -0.764. The van der Waals surface area contributed by atoms with Gasteiger partial charge in [0.05, 0.1) is 12.7 Å². The van der Waals surface area contributed by atoms with Crippen LogP contribution in [0.15, 0.2) is 24.3 Å². The van der Waals surface area contributed by atoms with Gasteiger partial charge in [-0.05, 0) is 13.0 Å². The number of methoxy groups -OCH3 is 1. The number of rotatable bonds is 4. The Hall–Kier alpha value is -2.43. The molecule has 0 saturated carbocycles. The predicted octanol–water partition coefficient (Wildman–Crippen LogP) is 1.79. The number of carbonyl (C=O) groups excluding carboxylic acids is 3. The minimum absolute atomic E-state index is 0.324. The normalized spacial score (nSPS) is 10.4. The first kappa shape index (κ1) is 13.0. The van der Waals surface area contributed by atoms with Crippen LogP contribution < -0.4 is 0 Å². The van der Waals surface area contributed by atoms with Gasteiger partial charge >= 0.3 is 5.97 Å². The highest BCUT2D eigenvalue weighted by Crippen LogP contribution is 2.22. The first-order chi connectivity index (χ1) is 9.04. The van der Waals surface area contributed by atoms with Gasteiger partial charge in [0, 0.05) is 16.6 Å². The molecule has 0 spiro atoms. The number of aromatic amines is 1. The van der Waals surface area contributed by atoms with Crippen molar-refractivity contribution in [2.24, 2.45) is 0 Å². The van der Waals surface area contributed by atoms with Crippen LogP contribution in [0.4, 0.5) is 0 Å². The van der Waals surface area contributed by atoms with E-state index in [0.717, 1.165) is 5.52 Å². The lowest BCUT2D eigenvalue weighted by Gasteiger charge is -2.00. The van der Waals surface area contributed by atoms with E-state index < -0.39 is 24.0 Å². The fourth-order valence-electron chi connectivity index (χ4n) is 1.99. The van der Waals surface area contributed by atoms with Gasteiger partial charge in [-0.15, -0.1) is 0 Å². The van der Waals surface area contributed by atoms with Crippen molar-refractivity contribution in [3.63, 3.8) is 0 Å². The Kier molecular flexibility index (Phi) is 3.46. The average molecular weight is 259 g/mol. The van der Waals surface area contributed by atoms with Crippen LogP contribution in [0.3, 0.4) is 0 Å². The van der Waals surface area contributed by atoms with E-state index in [-0.39, 0.29) is 0 Å². The number of esters is 1. The second-order valence-corrected chi connectivity index (χ2v) is 4.18. The highest BCUT2D eigenvalue weighted by molar-refractivity contribution is 6.48. The van der Waals surface area contributed by atoms with Gasteiger partial charge in [0.15, 0.2) is 0 Å². The molecule has 0 fully saturated rings. The first-order valence-corrected chi connectivity index (χ1v) is 5.76. The van der Waals surface area contributed by atoms with E-state index in [1.165, 1.54) is 7.11 Å². The van der Waals surface area contributed by atoms with Crippen LogP contribution in [0.25, 0.3) is 10.9 Å². The van der Waals surface area contributed by atoms with Crippen LogP contribution in [-0.4, -0.2) is 29.6 Å². The Balaban J connectivity index is 2.39. The number of Topliss-reactive ketones (excluding diaryl/α,β-unsaturated/α-hetero) is 2. The average Bonchev–Trinajstić information content (AvgIpc) is 2.73. The standard InChI is InChI=1S/C14H13NO4/c1-8-13(9-5-3-4-6-10(9)15-8)14(18)11(16)7-12(17)19-2/h3-6,15H,7H2,1-2H3. The summed E-state index contributed by atoms with van der Waals surface area (Å²) in [6, 6.07) is 7.21. The van der Waals surface area contributed by atoms with Gasteiger partial charge in [-0.3, -0.25) is 14.4 Å². The van der Waals surface area contributed by atoms with Gasteiger partial charge in [0.25, 0.3) is 0 Å². The molecule has 0 aliphatic heterocycles. The number of fused-ring (bicyclic) bond motifs is 1. The van der Waals surface area contributed by atoms with Crippen molar-refractivity contribution in [1.29, 1.82) is 0 Å². The van der Waals surface area contributed by atoms with Crippen molar-refractivity contribution in [1.82, 2.24) is 4.98 Å². The molecule has 1 aromatic heterocycles. The molecule has 5 nitrogen and oxygen atoms in total. The highest BCUT2D eigenvalue weighted by Gasteiger charge is 2.24. The molecule has 98 valence electrons. The summed E-state index contributed by atoms with van der Waals surface area (Å²) in [6.45, 7) is 1.72. The van der Waals surface area contributed by atoms with Gasteiger partial charge in [-0.1, -0.05) is 18.2 Å². The second kappa shape index (κ2) is 5.06. The van der Waals surface area contributed by atoms with Gasteiger partial charge < -0.3 is 9.72 Å². The number of nitrogens with one attached hydrogen (secondary N) is 1. The van der Waals surface area contributed by atoms with Crippen LogP contribution in [-0.2, 0) is 14.3 Å². The van der Waals surface area contributed by atoms with E-state index in [2.05, 4.69) is 9.72 Å². The Bertz CT molecular complexity index is 669. The molecular formula is C14H13NO4. The lowest BCUT2D eigenvalue weighted by molar-refractivity contribution is -0.142. The zero-order valence-corrected chi connectivity index (χ0v) is 10.6. The summed E-state index contributed by atoms with van der Waals surface area (Å²) in [5, 5.41) is 0.684. The largest absolute Gasteiger partial charge is 0.469 e. The molecule has 0 bridgehead atoms. The summed E-state index contributed by atoms with van der Waals surface area (Å²) < 4.78 is 4.39. The van der Waals surface area contributed by atoms with Gasteiger partial charge in [-0.2, -0.15) is 0 Å². The number of carbonyl (C=O) groups is 3. The number of para-hydroxylation sites is 1. The summed E-state index contributed by atoms with van der Waals surface area (Å²) in [5.41, 5.74) is 1.73. The Morgan fingerprint density at radius 2 is 1.89 bits per heavy atom. The van der Waals surface area contributed by atoms with E-state index >= 15 is 0 Å². The van der Waals surface area contributed by atoms with Gasteiger partial charge in [0.1, 0.15) is 6.42 Å². The monoisotopic (exact) mass is 259 g/mol. The van der Waals surface area contributed by atoms with Crippen LogP contribution in [0.1, 0.15) is 22.5 Å². The van der Waals surface area contributed by atoms with E-state index in [1.54, 1.807) is 19.1 Å². The second-order valence-electron chi connectivity index (χ2n) is 4.18. The molecule has 0 radical (unpaired) electrons. The Morgan fingerprint density at radius 3 is 2.58 bits per heavy atom. The van der Waals surface area contributed by atoms with Crippen molar-refractivity contribution >= 4 is 28.4 Å². The fourth-order valence-corrected chi connectivity index (χ4v) is 1.99. The van der Waals surface area contributed by atoms with Crippen LogP contribution in [0.2, 0.25) is 0 Å². The topological polar surface area (TPSA) is 76.2 Å². The predicted molar refractivity (Wildman–Crippen MR) is 69.0 cm³/mol. The SMILES string of the molecule is COC(=O)CC(=O)C(=O)c1c(C)[nH]c2ccccc12.